The number of thiazole rings is 1. The number of amides is 1. The number of nitrogens with zero attached hydrogens (tertiary/aromatic N) is 2. The van der Waals surface area contributed by atoms with E-state index in [0.29, 0.717) is 36.8 Å². The highest BCUT2D eigenvalue weighted by Gasteiger charge is 2.32. The lowest BCUT2D eigenvalue weighted by Gasteiger charge is -2.33. The number of carbonyl (C=O) groups is 2. The number of methoxy groups -OCH3 is 1. The third-order valence-corrected chi connectivity index (χ3v) is 6.38. The van der Waals surface area contributed by atoms with Gasteiger partial charge in [-0.25, -0.2) is 9.78 Å². The van der Waals surface area contributed by atoms with Gasteiger partial charge in [0.2, 0.25) is 0 Å². The van der Waals surface area contributed by atoms with Gasteiger partial charge in [-0.15, -0.1) is 11.3 Å². The normalized spacial score (nSPS) is 15.1. The van der Waals surface area contributed by atoms with Gasteiger partial charge in [0.05, 0.1) is 41.7 Å². The van der Waals surface area contributed by atoms with E-state index in [1.165, 1.54) is 0 Å². The van der Waals surface area contributed by atoms with Crippen molar-refractivity contribution in [2.45, 2.75) is 39.3 Å². The maximum atomic E-state index is 13.1. The molecule has 0 saturated heterocycles. The number of carbonyl (C=O) groups excluding carboxylic acids is 2. The predicted octanol–water partition coefficient (Wildman–Crippen LogP) is 4.88. The van der Waals surface area contributed by atoms with Gasteiger partial charge in [-0.1, -0.05) is 19.1 Å². The lowest BCUT2D eigenvalue weighted by molar-refractivity contribution is -0.125. The molecule has 0 radical (unpaired) electrons. The van der Waals surface area contributed by atoms with Crippen molar-refractivity contribution in [2.75, 3.05) is 25.2 Å². The average molecular weight is 481 g/mol. The van der Waals surface area contributed by atoms with Crippen LogP contribution in [0.2, 0.25) is 0 Å². The van der Waals surface area contributed by atoms with Crippen LogP contribution in [0.4, 0.5) is 5.69 Å². The summed E-state index contributed by atoms with van der Waals surface area (Å²) >= 11 is 1.59. The largest absolute Gasteiger partial charge is 0.479 e. The molecule has 7 nitrogen and oxygen atoms in total. The maximum Gasteiger partial charge on any atom is 0.338 e. The SMILES string of the molecule is CCCOC(=O)c1cccc(CN2C(=O)C(C)Oc3ccc(-c4csc(CCOC)n4)cc32)c1. The van der Waals surface area contributed by atoms with E-state index in [-0.39, 0.29) is 11.9 Å². The zero-order chi connectivity index (χ0) is 24.1. The molecule has 1 aliphatic heterocycles. The average Bonchev–Trinajstić information content (AvgIpc) is 3.33. The Morgan fingerprint density at radius 2 is 2.06 bits per heavy atom. The predicted molar refractivity (Wildman–Crippen MR) is 131 cm³/mol. The number of esters is 1. The molecule has 0 bridgehead atoms. The molecule has 1 aromatic heterocycles. The number of benzene rings is 2. The van der Waals surface area contributed by atoms with Gasteiger partial charge in [-0.3, -0.25) is 4.79 Å². The summed E-state index contributed by atoms with van der Waals surface area (Å²) in [5, 5.41) is 3.01. The Balaban J connectivity index is 1.62. The minimum atomic E-state index is -0.601. The topological polar surface area (TPSA) is 78.0 Å². The number of hydrogen-bond donors (Lipinski definition) is 0. The molecule has 4 rings (SSSR count). The second-order valence-electron chi connectivity index (χ2n) is 8.07. The van der Waals surface area contributed by atoms with Crippen molar-refractivity contribution in [1.82, 2.24) is 4.98 Å². The molecule has 3 aromatic rings. The van der Waals surface area contributed by atoms with Gasteiger partial charge in [0, 0.05) is 24.5 Å². The van der Waals surface area contributed by atoms with Gasteiger partial charge in [0.1, 0.15) is 5.75 Å². The Labute approximate surface area is 203 Å². The number of rotatable bonds is 9. The van der Waals surface area contributed by atoms with Gasteiger partial charge < -0.3 is 19.1 Å². The summed E-state index contributed by atoms with van der Waals surface area (Å²) in [5.74, 6) is 0.146. The molecule has 1 aliphatic rings. The van der Waals surface area contributed by atoms with E-state index in [1.807, 2.05) is 36.6 Å². The van der Waals surface area contributed by atoms with E-state index in [1.54, 1.807) is 48.5 Å². The van der Waals surface area contributed by atoms with E-state index in [2.05, 4.69) is 0 Å². The zero-order valence-corrected chi connectivity index (χ0v) is 20.4. The fraction of sp³-hybridized carbons (Fsp3) is 0.346. The molecule has 0 saturated carbocycles. The summed E-state index contributed by atoms with van der Waals surface area (Å²) in [6, 6.07) is 13.0. The summed E-state index contributed by atoms with van der Waals surface area (Å²) in [6.07, 6.45) is 0.919. The summed E-state index contributed by atoms with van der Waals surface area (Å²) in [4.78, 5) is 31.8. The Hall–Kier alpha value is -3.23. The lowest BCUT2D eigenvalue weighted by atomic mass is 10.1. The van der Waals surface area contributed by atoms with Gasteiger partial charge in [-0.05, 0) is 49.2 Å². The first-order valence-electron chi connectivity index (χ1n) is 11.3. The van der Waals surface area contributed by atoms with Gasteiger partial charge in [0.25, 0.3) is 5.91 Å². The number of aromatic nitrogens is 1. The molecule has 1 unspecified atom stereocenters. The summed E-state index contributed by atoms with van der Waals surface area (Å²) < 4.78 is 16.3. The highest BCUT2D eigenvalue weighted by atomic mass is 32.1. The number of hydrogen-bond acceptors (Lipinski definition) is 7. The molecule has 0 aliphatic carbocycles. The molecule has 2 heterocycles. The molecule has 1 amide bonds. The van der Waals surface area contributed by atoms with E-state index in [9.17, 15) is 9.59 Å². The van der Waals surface area contributed by atoms with E-state index in [0.717, 1.165) is 34.7 Å². The third-order valence-electron chi connectivity index (χ3n) is 5.48. The van der Waals surface area contributed by atoms with Crippen molar-refractivity contribution in [3.63, 3.8) is 0 Å². The van der Waals surface area contributed by atoms with Crippen molar-refractivity contribution in [3.05, 3.63) is 64.0 Å². The van der Waals surface area contributed by atoms with E-state index < -0.39 is 6.10 Å². The monoisotopic (exact) mass is 480 g/mol. The Bertz CT molecular complexity index is 1180. The Kier molecular flexibility index (Phi) is 7.59. The van der Waals surface area contributed by atoms with Crippen LogP contribution in [0.3, 0.4) is 0 Å². The van der Waals surface area contributed by atoms with Crippen LogP contribution in [-0.4, -0.2) is 43.3 Å². The van der Waals surface area contributed by atoms with Crippen molar-refractivity contribution < 1.29 is 23.8 Å². The Morgan fingerprint density at radius 3 is 2.85 bits per heavy atom. The fourth-order valence-corrected chi connectivity index (χ4v) is 4.52. The quantitative estimate of drug-likeness (QED) is 0.406. The standard InChI is InChI=1S/C26H28N2O5S/c1-4-11-32-26(30)20-7-5-6-18(13-20)15-28-22-14-19(8-9-23(22)33-17(2)25(28)29)21-16-34-24(27-21)10-12-31-3/h5-9,13-14,16-17H,4,10-12,15H2,1-3H3. The van der Waals surface area contributed by atoms with Crippen LogP contribution in [-0.2, 0) is 27.2 Å². The van der Waals surface area contributed by atoms with Crippen molar-refractivity contribution in [1.29, 1.82) is 0 Å². The Morgan fingerprint density at radius 1 is 1.21 bits per heavy atom. The van der Waals surface area contributed by atoms with Crippen LogP contribution >= 0.6 is 11.3 Å². The molecule has 0 fully saturated rings. The summed E-state index contributed by atoms with van der Waals surface area (Å²) in [6.45, 7) is 5.01. The van der Waals surface area contributed by atoms with Crippen LogP contribution in [0.1, 0.15) is 41.2 Å². The molecule has 2 aromatic carbocycles. The van der Waals surface area contributed by atoms with Gasteiger partial charge >= 0.3 is 5.97 Å². The van der Waals surface area contributed by atoms with Crippen LogP contribution in [0.25, 0.3) is 11.3 Å². The van der Waals surface area contributed by atoms with Crippen molar-refractivity contribution >= 4 is 28.9 Å². The number of anilines is 1. The molecule has 8 heteroatoms. The van der Waals surface area contributed by atoms with Crippen molar-refractivity contribution in [2.24, 2.45) is 0 Å². The highest BCUT2D eigenvalue weighted by molar-refractivity contribution is 7.09. The minimum absolute atomic E-state index is 0.136. The molecule has 0 spiro atoms. The van der Waals surface area contributed by atoms with Crippen LogP contribution in [0.5, 0.6) is 5.75 Å². The molecule has 178 valence electrons. The van der Waals surface area contributed by atoms with Crippen LogP contribution in [0, 0.1) is 0 Å². The smallest absolute Gasteiger partial charge is 0.338 e. The second kappa shape index (κ2) is 10.8. The first-order valence-corrected chi connectivity index (χ1v) is 12.2. The van der Waals surface area contributed by atoms with E-state index in [4.69, 9.17) is 19.2 Å². The molecular weight excluding hydrogens is 452 g/mol. The van der Waals surface area contributed by atoms with Crippen molar-refractivity contribution in [3.8, 4) is 17.0 Å². The maximum absolute atomic E-state index is 13.1. The zero-order valence-electron chi connectivity index (χ0n) is 19.6. The van der Waals surface area contributed by atoms with Crippen LogP contribution < -0.4 is 9.64 Å². The van der Waals surface area contributed by atoms with Crippen LogP contribution in [0.15, 0.2) is 47.8 Å². The minimum Gasteiger partial charge on any atom is -0.479 e. The molecular formula is C26H28N2O5S. The highest BCUT2D eigenvalue weighted by Crippen LogP contribution is 2.38. The first kappa shape index (κ1) is 23.9. The molecule has 1 atom stereocenters. The number of fused-ring (bicyclic) bond motifs is 1. The lowest BCUT2D eigenvalue weighted by Crippen LogP contribution is -2.44. The number of ether oxygens (including phenoxy) is 3. The fourth-order valence-electron chi connectivity index (χ4n) is 3.73. The third kappa shape index (κ3) is 5.29. The van der Waals surface area contributed by atoms with Gasteiger partial charge in [-0.2, -0.15) is 0 Å². The van der Waals surface area contributed by atoms with E-state index >= 15 is 0 Å². The first-order chi connectivity index (χ1) is 16.5. The second-order valence-corrected chi connectivity index (χ2v) is 9.02. The summed E-state index contributed by atoms with van der Waals surface area (Å²) in [5.41, 5.74) is 3.75. The molecule has 34 heavy (non-hydrogen) atoms. The van der Waals surface area contributed by atoms with Gasteiger partial charge in [0.15, 0.2) is 6.10 Å². The molecule has 0 N–H and O–H groups in total. The summed E-state index contributed by atoms with van der Waals surface area (Å²) in [7, 11) is 1.68.